The van der Waals surface area contributed by atoms with Crippen LogP contribution in [-0.2, 0) is 6.18 Å². The number of halogens is 5. The first-order chi connectivity index (χ1) is 12.3. The van der Waals surface area contributed by atoms with Crippen molar-refractivity contribution >= 4 is 18.3 Å². The van der Waals surface area contributed by atoms with Crippen LogP contribution in [0, 0.1) is 11.7 Å². The second-order valence-corrected chi connectivity index (χ2v) is 6.32. The standard InChI is InChI=1S/C17H18F4N4O.ClH/c1-10-6-7-22-9-13(10)24-16(26)11-8-23-25(15(11)17(19,20)21)14-5-3-2-4-12(14)18;/h2-5,8,10,13,22H,6-7,9H2,1H3,(H,24,26);1H. The predicted molar refractivity (Wildman–Crippen MR) is 93.7 cm³/mol. The Morgan fingerprint density at radius 1 is 1.33 bits per heavy atom. The summed E-state index contributed by atoms with van der Waals surface area (Å²) in [5, 5.41) is 9.35. The van der Waals surface area contributed by atoms with Crippen LogP contribution in [0.15, 0.2) is 30.5 Å². The zero-order chi connectivity index (χ0) is 18.9. The molecule has 0 bridgehead atoms. The molecule has 1 amide bonds. The number of benzene rings is 1. The van der Waals surface area contributed by atoms with Crippen molar-refractivity contribution in [3.8, 4) is 5.69 Å². The SMILES string of the molecule is CC1CCNCC1NC(=O)c1cnn(-c2ccccc2F)c1C(F)(F)F.Cl. The van der Waals surface area contributed by atoms with Gasteiger partial charge in [0.2, 0.25) is 0 Å². The van der Waals surface area contributed by atoms with Gasteiger partial charge in [-0.05, 0) is 31.0 Å². The highest BCUT2D eigenvalue weighted by atomic mass is 35.5. The summed E-state index contributed by atoms with van der Waals surface area (Å²) in [7, 11) is 0. The molecule has 2 aromatic rings. The van der Waals surface area contributed by atoms with E-state index in [-0.39, 0.29) is 30.1 Å². The molecule has 0 aliphatic carbocycles. The van der Waals surface area contributed by atoms with Gasteiger partial charge in [-0.1, -0.05) is 19.1 Å². The lowest BCUT2D eigenvalue weighted by Crippen LogP contribution is -2.50. The Hall–Kier alpha value is -2.13. The van der Waals surface area contributed by atoms with Crippen molar-refractivity contribution < 1.29 is 22.4 Å². The van der Waals surface area contributed by atoms with E-state index in [1.807, 2.05) is 6.92 Å². The molecule has 5 nitrogen and oxygen atoms in total. The monoisotopic (exact) mass is 406 g/mol. The maximum atomic E-state index is 13.9. The van der Waals surface area contributed by atoms with Crippen molar-refractivity contribution in [1.82, 2.24) is 20.4 Å². The Labute approximate surface area is 159 Å². The minimum absolute atomic E-state index is 0. The Morgan fingerprint density at radius 2 is 2.04 bits per heavy atom. The first kappa shape index (κ1) is 21.2. The van der Waals surface area contributed by atoms with Crippen LogP contribution in [0.3, 0.4) is 0 Å². The van der Waals surface area contributed by atoms with Crippen LogP contribution in [-0.4, -0.2) is 34.8 Å². The normalized spacial score (nSPS) is 20.0. The molecular weight excluding hydrogens is 388 g/mol. The molecule has 0 radical (unpaired) electrons. The van der Waals surface area contributed by atoms with Gasteiger partial charge in [0.15, 0.2) is 5.69 Å². The number of amides is 1. The summed E-state index contributed by atoms with van der Waals surface area (Å²) < 4.78 is 55.2. The van der Waals surface area contributed by atoms with Gasteiger partial charge in [-0.25, -0.2) is 9.07 Å². The van der Waals surface area contributed by atoms with E-state index < -0.39 is 29.2 Å². The molecule has 27 heavy (non-hydrogen) atoms. The van der Waals surface area contributed by atoms with Crippen LogP contribution in [0.1, 0.15) is 29.4 Å². The number of carbonyl (C=O) groups is 1. The number of carbonyl (C=O) groups excluding carboxylic acids is 1. The maximum absolute atomic E-state index is 13.9. The number of piperidine rings is 1. The van der Waals surface area contributed by atoms with Crippen LogP contribution in [0.2, 0.25) is 0 Å². The lowest BCUT2D eigenvalue weighted by Gasteiger charge is -2.30. The van der Waals surface area contributed by atoms with Gasteiger partial charge in [0.1, 0.15) is 11.5 Å². The molecule has 2 heterocycles. The van der Waals surface area contributed by atoms with Crippen molar-refractivity contribution in [3.63, 3.8) is 0 Å². The average Bonchev–Trinajstić information content (AvgIpc) is 3.02. The van der Waals surface area contributed by atoms with E-state index in [2.05, 4.69) is 15.7 Å². The zero-order valence-corrected chi connectivity index (χ0v) is 15.2. The predicted octanol–water partition coefficient (Wildman–Crippen LogP) is 3.18. The molecule has 1 aromatic carbocycles. The fourth-order valence-corrected chi connectivity index (χ4v) is 3.02. The van der Waals surface area contributed by atoms with Gasteiger partial charge in [-0.3, -0.25) is 4.79 Å². The highest BCUT2D eigenvalue weighted by Gasteiger charge is 2.41. The number of nitrogens with one attached hydrogen (secondary N) is 2. The van der Waals surface area contributed by atoms with Crippen LogP contribution < -0.4 is 10.6 Å². The minimum Gasteiger partial charge on any atom is -0.348 e. The number of aromatic nitrogens is 2. The third-order valence-corrected chi connectivity index (χ3v) is 4.51. The second kappa shape index (κ2) is 8.26. The van der Waals surface area contributed by atoms with Crippen molar-refractivity contribution in [2.24, 2.45) is 5.92 Å². The van der Waals surface area contributed by atoms with Crippen molar-refractivity contribution in [2.45, 2.75) is 25.6 Å². The van der Waals surface area contributed by atoms with E-state index in [1.165, 1.54) is 18.2 Å². The van der Waals surface area contributed by atoms with Gasteiger partial charge in [-0.15, -0.1) is 12.4 Å². The summed E-state index contributed by atoms with van der Waals surface area (Å²) in [5.41, 5.74) is -2.29. The Bertz CT molecular complexity index is 808. The van der Waals surface area contributed by atoms with E-state index in [9.17, 15) is 22.4 Å². The summed E-state index contributed by atoms with van der Waals surface area (Å²) in [5.74, 6) is -1.60. The van der Waals surface area contributed by atoms with Gasteiger partial charge in [0.05, 0.1) is 11.8 Å². The molecule has 1 aliphatic rings. The van der Waals surface area contributed by atoms with Gasteiger partial charge >= 0.3 is 6.18 Å². The lowest BCUT2D eigenvalue weighted by atomic mass is 9.94. The van der Waals surface area contributed by atoms with Gasteiger partial charge in [0, 0.05) is 12.6 Å². The fraction of sp³-hybridized carbons (Fsp3) is 0.412. The van der Waals surface area contributed by atoms with Gasteiger partial charge < -0.3 is 10.6 Å². The maximum Gasteiger partial charge on any atom is 0.434 e. The van der Waals surface area contributed by atoms with E-state index in [1.54, 1.807) is 0 Å². The van der Waals surface area contributed by atoms with Crippen LogP contribution in [0.5, 0.6) is 0 Å². The molecule has 10 heteroatoms. The summed E-state index contributed by atoms with van der Waals surface area (Å²) in [6.07, 6.45) is -3.24. The molecule has 0 spiro atoms. The van der Waals surface area contributed by atoms with Crippen molar-refractivity contribution in [2.75, 3.05) is 13.1 Å². The Kier molecular flexibility index (Phi) is 6.48. The van der Waals surface area contributed by atoms with E-state index >= 15 is 0 Å². The molecule has 1 aromatic heterocycles. The summed E-state index contributed by atoms with van der Waals surface area (Å²) in [4.78, 5) is 12.5. The number of alkyl halides is 3. The smallest absolute Gasteiger partial charge is 0.348 e. The molecule has 2 unspecified atom stereocenters. The number of rotatable bonds is 3. The number of hydrogen-bond donors (Lipinski definition) is 2. The Morgan fingerprint density at radius 3 is 2.67 bits per heavy atom. The minimum atomic E-state index is -4.87. The van der Waals surface area contributed by atoms with Gasteiger partial charge in [0.25, 0.3) is 5.91 Å². The van der Waals surface area contributed by atoms with E-state index in [0.717, 1.165) is 25.2 Å². The fourth-order valence-electron chi connectivity index (χ4n) is 3.02. The van der Waals surface area contributed by atoms with Crippen LogP contribution in [0.4, 0.5) is 17.6 Å². The van der Waals surface area contributed by atoms with Gasteiger partial charge in [-0.2, -0.15) is 18.3 Å². The molecular formula is C17H19ClF4N4O. The molecule has 2 N–H and O–H groups in total. The molecule has 148 valence electrons. The number of nitrogens with zero attached hydrogens (tertiary/aromatic N) is 2. The third kappa shape index (κ3) is 4.41. The summed E-state index contributed by atoms with van der Waals surface area (Å²) >= 11 is 0. The lowest BCUT2D eigenvalue weighted by molar-refractivity contribution is -0.143. The molecule has 1 fully saturated rings. The molecule has 3 rings (SSSR count). The highest BCUT2D eigenvalue weighted by molar-refractivity contribution is 5.95. The Balaban J connectivity index is 0.00000261. The van der Waals surface area contributed by atoms with E-state index in [4.69, 9.17) is 0 Å². The number of hydrogen-bond acceptors (Lipinski definition) is 3. The summed E-state index contributed by atoms with van der Waals surface area (Å²) in [6, 6.07) is 4.68. The van der Waals surface area contributed by atoms with Crippen molar-refractivity contribution in [1.29, 1.82) is 0 Å². The molecule has 0 saturated carbocycles. The first-order valence-corrected chi connectivity index (χ1v) is 8.20. The third-order valence-electron chi connectivity index (χ3n) is 4.51. The second-order valence-electron chi connectivity index (χ2n) is 6.32. The van der Waals surface area contributed by atoms with Crippen LogP contribution >= 0.6 is 12.4 Å². The zero-order valence-electron chi connectivity index (χ0n) is 14.4. The quantitative estimate of drug-likeness (QED) is 0.770. The summed E-state index contributed by atoms with van der Waals surface area (Å²) in [6.45, 7) is 3.21. The van der Waals surface area contributed by atoms with Crippen LogP contribution in [0.25, 0.3) is 5.69 Å². The largest absolute Gasteiger partial charge is 0.434 e. The number of para-hydroxylation sites is 1. The highest BCUT2D eigenvalue weighted by Crippen LogP contribution is 2.34. The van der Waals surface area contributed by atoms with E-state index in [0.29, 0.717) is 11.2 Å². The van der Waals surface area contributed by atoms with Crippen molar-refractivity contribution in [3.05, 3.63) is 47.5 Å². The molecule has 2 atom stereocenters. The average molecular weight is 407 g/mol. The molecule has 1 saturated heterocycles. The topological polar surface area (TPSA) is 58.9 Å². The molecule has 1 aliphatic heterocycles. The first-order valence-electron chi connectivity index (χ1n) is 8.20.